The molecule has 0 aliphatic carbocycles. The van der Waals surface area contributed by atoms with Gasteiger partial charge >= 0.3 is 0 Å². The SMILES string of the molecule is COCCCNC(=O)[C@@H]1CC(=O)N(c2ccc(OCC(=O)Nc3cc(Cl)cc(Cl)c3)cc2)C1. The number of rotatable bonds is 10. The van der Waals surface area contributed by atoms with E-state index >= 15 is 0 Å². The molecular weight excluding hydrogens is 469 g/mol. The Bertz CT molecular complexity index is 980. The fourth-order valence-corrected chi connectivity index (χ4v) is 3.93. The van der Waals surface area contributed by atoms with Crippen LogP contribution in [0.25, 0.3) is 0 Å². The van der Waals surface area contributed by atoms with Gasteiger partial charge in [-0.1, -0.05) is 23.2 Å². The third-order valence-corrected chi connectivity index (χ3v) is 5.42. The minimum absolute atomic E-state index is 0.111. The molecule has 0 radical (unpaired) electrons. The molecule has 3 amide bonds. The Hall–Kier alpha value is -2.81. The molecule has 176 valence electrons. The van der Waals surface area contributed by atoms with Crippen molar-refractivity contribution in [2.75, 3.05) is 43.6 Å². The lowest BCUT2D eigenvalue weighted by molar-refractivity contribution is -0.126. The summed E-state index contributed by atoms with van der Waals surface area (Å²) in [7, 11) is 1.61. The van der Waals surface area contributed by atoms with Crippen LogP contribution in [-0.4, -0.2) is 51.1 Å². The van der Waals surface area contributed by atoms with Gasteiger partial charge in [-0.15, -0.1) is 0 Å². The first-order valence-corrected chi connectivity index (χ1v) is 11.2. The molecule has 1 aliphatic heterocycles. The highest BCUT2D eigenvalue weighted by atomic mass is 35.5. The summed E-state index contributed by atoms with van der Waals surface area (Å²) in [6.07, 6.45) is 0.890. The largest absolute Gasteiger partial charge is 0.484 e. The summed E-state index contributed by atoms with van der Waals surface area (Å²) in [6.45, 7) is 1.19. The van der Waals surface area contributed by atoms with E-state index in [2.05, 4.69) is 10.6 Å². The number of amides is 3. The topological polar surface area (TPSA) is 97.0 Å². The molecule has 0 aromatic heterocycles. The quantitative estimate of drug-likeness (QED) is 0.493. The van der Waals surface area contributed by atoms with Crippen molar-refractivity contribution in [3.8, 4) is 5.75 Å². The number of benzene rings is 2. The standard InChI is InChI=1S/C23H25Cl2N3O5/c1-32-8-2-7-26-23(31)15-9-22(30)28(13-15)19-3-5-20(6-4-19)33-14-21(29)27-18-11-16(24)10-17(25)12-18/h3-6,10-12,15H,2,7-9,13-14H2,1H3,(H,26,31)(H,27,29)/t15-/m1/s1. The maximum atomic E-state index is 12.4. The van der Waals surface area contributed by atoms with Crippen LogP contribution in [0.2, 0.25) is 10.0 Å². The number of halogens is 2. The van der Waals surface area contributed by atoms with Crippen LogP contribution < -0.4 is 20.3 Å². The van der Waals surface area contributed by atoms with Crippen LogP contribution in [0.15, 0.2) is 42.5 Å². The second kappa shape index (κ2) is 11.9. The van der Waals surface area contributed by atoms with E-state index in [0.717, 1.165) is 6.42 Å². The van der Waals surface area contributed by atoms with E-state index in [4.69, 9.17) is 32.7 Å². The Morgan fingerprint density at radius 1 is 1.12 bits per heavy atom. The number of ether oxygens (including phenoxy) is 2. The van der Waals surface area contributed by atoms with Crippen molar-refractivity contribution >= 4 is 52.3 Å². The molecule has 0 spiro atoms. The fourth-order valence-electron chi connectivity index (χ4n) is 3.40. The van der Waals surface area contributed by atoms with E-state index in [1.807, 2.05) is 0 Å². The number of hydrogen-bond acceptors (Lipinski definition) is 5. The molecule has 0 bridgehead atoms. The number of nitrogens with one attached hydrogen (secondary N) is 2. The normalized spacial score (nSPS) is 15.4. The van der Waals surface area contributed by atoms with Gasteiger partial charge in [-0.05, 0) is 48.9 Å². The maximum Gasteiger partial charge on any atom is 0.262 e. The summed E-state index contributed by atoms with van der Waals surface area (Å²) in [6, 6.07) is 11.5. The highest BCUT2D eigenvalue weighted by Crippen LogP contribution is 2.27. The fraction of sp³-hybridized carbons (Fsp3) is 0.348. The molecule has 1 atom stereocenters. The highest BCUT2D eigenvalue weighted by molar-refractivity contribution is 6.35. The van der Waals surface area contributed by atoms with Gasteiger partial charge in [-0.25, -0.2) is 0 Å². The van der Waals surface area contributed by atoms with E-state index in [1.165, 1.54) is 0 Å². The molecule has 1 aliphatic rings. The monoisotopic (exact) mass is 493 g/mol. The van der Waals surface area contributed by atoms with E-state index < -0.39 is 0 Å². The zero-order valence-corrected chi connectivity index (χ0v) is 19.6. The van der Waals surface area contributed by atoms with Gasteiger partial charge in [-0.2, -0.15) is 0 Å². The average Bonchev–Trinajstić information content (AvgIpc) is 3.16. The van der Waals surface area contributed by atoms with Gasteiger partial charge in [0.25, 0.3) is 5.91 Å². The molecule has 2 aromatic carbocycles. The summed E-state index contributed by atoms with van der Waals surface area (Å²) in [4.78, 5) is 38.4. The van der Waals surface area contributed by atoms with Crippen molar-refractivity contribution in [3.05, 3.63) is 52.5 Å². The number of nitrogens with zero attached hydrogens (tertiary/aromatic N) is 1. The van der Waals surface area contributed by atoms with Gasteiger partial charge in [0, 0.05) is 54.6 Å². The van der Waals surface area contributed by atoms with Crippen LogP contribution >= 0.6 is 23.2 Å². The molecule has 8 nitrogen and oxygen atoms in total. The van der Waals surface area contributed by atoms with Crippen molar-refractivity contribution in [1.82, 2.24) is 5.32 Å². The number of hydrogen-bond donors (Lipinski definition) is 2. The summed E-state index contributed by atoms with van der Waals surface area (Å²) < 4.78 is 10.5. The molecule has 1 fully saturated rings. The number of carbonyl (C=O) groups excluding carboxylic acids is 3. The molecule has 2 aromatic rings. The second-order valence-corrected chi connectivity index (χ2v) is 8.40. The first-order valence-electron chi connectivity index (χ1n) is 10.4. The Balaban J connectivity index is 1.48. The molecule has 3 rings (SSSR count). The number of anilines is 2. The Morgan fingerprint density at radius 3 is 2.48 bits per heavy atom. The van der Waals surface area contributed by atoms with Crippen LogP contribution in [0.5, 0.6) is 5.75 Å². The lowest BCUT2D eigenvalue weighted by Crippen LogP contribution is -2.33. The lowest BCUT2D eigenvalue weighted by atomic mass is 10.1. The van der Waals surface area contributed by atoms with Crippen molar-refractivity contribution in [3.63, 3.8) is 0 Å². The van der Waals surface area contributed by atoms with Gasteiger partial charge in [-0.3, -0.25) is 14.4 Å². The summed E-state index contributed by atoms with van der Waals surface area (Å²) in [5.41, 5.74) is 1.14. The van der Waals surface area contributed by atoms with Gasteiger partial charge in [0.2, 0.25) is 11.8 Å². The highest BCUT2D eigenvalue weighted by Gasteiger charge is 2.34. The number of carbonyl (C=O) groups is 3. The molecule has 0 unspecified atom stereocenters. The van der Waals surface area contributed by atoms with Gasteiger partial charge in [0.05, 0.1) is 5.92 Å². The van der Waals surface area contributed by atoms with E-state index in [1.54, 1.807) is 54.5 Å². The Labute approximate surface area is 202 Å². The van der Waals surface area contributed by atoms with Crippen LogP contribution in [-0.2, 0) is 19.1 Å². The molecule has 2 N–H and O–H groups in total. The summed E-state index contributed by atoms with van der Waals surface area (Å²) in [5, 5.41) is 6.33. The second-order valence-electron chi connectivity index (χ2n) is 7.53. The van der Waals surface area contributed by atoms with Crippen LogP contribution in [0, 0.1) is 5.92 Å². The van der Waals surface area contributed by atoms with Crippen molar-refractivity contribution in [2.45, 2.75) is 12.8 Å². The van der Waals surface area contributed by atoms with Gasteiger partial charge in [0.15, 0.2) is 6.61 Å². The van der Waals surface area contributed by atoms with Crippen molar-refractivity contribution < 1.29 is 23.9 Å². The molecule has 1 saturated heterocycles. The molecule has 1 heterocycles. The Kier molecular flexibility index (Phi) is 8.94. The first kappa shape index (κ1) is 24.8. The van der Waals surface area contributed by atoms with Gasteiger partial charge in [0.1, 0.15) is 5.75 Å². The molecule has 33 heavy (non-hydrogen) atoms. The summed E-state index contributed by atoms with van der Waals surface area (Å²) >= 11 is 11.8. The van der Waals surface area contributed by atoms with Crippen LogP contribution in [0.4, 0.5) is 11.4 Å². The molecule has 0 saturated carbocycles. The predicted molar refractivity (Wildman–Crippen MR) is 127 cm³/mol. The van der Waals surface area contributed by atoms with Crippen LogP contribution in [0.3, 0.4) is 0 Å². The van der Waals surface area contributed by atoms with Crippen LogP contribution in [0.1, 0.15) is 12.8 Å². The van der Waals surface area contributed by atoms with Crippen molar-refractivity contribution in [1.29, 1.82) is 0 Å². The molecular formula is C23H25Cl2N3O5. The lowest BCUT2D eigenvalue weighted by Gasteiger charge is -2.17. The maximum absolute atomic E-state index is 12.4. The zero-order chi connectivity index (χ0) is 23.8. The minimum Gasteiger partial charge on any atom is -0.484 e. The zero-order valence-electron chi connectivity index (χ0n) is 18.1. The first-order chi connectivity index (χ1) is 15.9. The van der Waals surface area contributed by atoms with Crippen molar-refractivity contribution in [2.24, 2.45) is 5.92 Å². The van der Waals surface area contributed by atoms with E-state index in [0.29, 0.717) is 46.9 Å². The predicted octanol–water partition coefficient (Wildman–Crippen LogP) is 3.52. The minimum atomic E-state index is -0.389. The average molecular weight is 494 g/mol. The summed E-state index contributed by atoms with van der Waals surface area (Å²) in [5.74, 6) is -0.530. The number of methoxy groups -OCH3 is 1. The molecule has 10 heteroatoms. The van der Waals surface area contributed by atoms with E-state index in [-0.39, 0.29) is 36.7 Å². The third-order valence-electron chi connectivity index (χ3n) is 4.98. The Morgan fingerprint density at radius 2 is 1.82 bits per heavy atom. The third kappa shape index (κ3) is 7.35. The van der Waals surface area contributed by atoms with Gasteiger partial charge < -0.3 is 25.0 Å². The van der Waals surface area contributed by atoms with E-state index in [9.17, 15) is 14.4 Å². The smallest absolute Gasteiger partial charge is 0.262 e.